The molecule has 2 nitrogen and oxygen atoms in total. The molecule has 1 heterocycles. The predicted octanol–water partition coefficient (Wildman–Crippen LogP) is 2.54. The van der Waals surface area contributed by atoms with Gasteiger partial charge < -0.3 is 4.90 Å². The average Bonchev–Trinajstić information content (AvgIpc) is 2.48. The van der Waals surface area contributed by atoms with Crippen molar-refractivity contribution in [2.24, 2.45) is 0 Å². The number of nitrogens with zero attached hydrogens (tertiary/aromatic N) is 2. The molecule has 0 amide bonds. The summed E-state index contributed by atoms with van der Waals surface area (Å²) in [6.45, 7) is 0. The quantitative estimate of drug-likeness (QED) is 0.762. The minimum absolute atomic E-state index is 1.06. The molecule has 0 radical (unpaired) electrons. The van der Waals surface area contributed by atoms with Gasteiger partial charge >= 0.3 is 0 Å². The van der Waals surface area contributed by atoms with E-state index in [9.17, 15) is 0 Å². The third-order valence-electron chi connectivity index (χ3n) is 1.49. The first-order chi connectivity index (χ1) is 5.74. The van der Waals surface area contributed by atoms with Crippen molar-refractivity contribution in [2.45, 2.75) is 12.8 Å². The van der Waals surface area contributed by atoms with E-state index in [4.69, 9.17) is 0 Å². The molecule has 1 aromatic rings. The third-order valence-corrected chi connectivity index (χ3v) is 3.11. The number of aromatic nitrogens is 1. The molecule has 4 heteroatoms. The van der Waals surface area contributed by atoms with Gasteiger partial charge in [-0.15, -0.1) is 11.3 Å². The Bertz CT molecular complexity index is 235. The summed E-state index contributed by atoms with van der Waals surface area (Å²) in [5.41, 5.74) is 1.21. The molecule has 0 bridgehead atoms. The fourth-order valence-corrected chi connectivity index (χ4v) is 1.94. The van der Waals surface area contributed by atoms with Gasteiger partial charge in [0.25, 0.3) is 0 Å². The van der Waals surface area contributed by atoms with Gasteiger partial charge in [-0.2, -0.15) is 0 Å². The topological polar surface area (TPSA) is 16.1 Å². The monoisotopic (exact) mass is 248 g/mol. The number of thiazole rings is 1. The van der Waals surface area contributed by atoms with Crippen LogP contribution < -0.4 is 4.90 Å². The van der Waals surface area contributed by atoms with E-state index in [1.807, 2.05) is 19.0 Å². The second-order valence-corrected chi connectivity index (χ2v) is 4.44. The van der Waals surface area contributed by atoms with Crippen LogP contribution in [0.2, 0.25) is 0 Å². The van der Waals surface area contributed by atoms with Gasteiger partial charge in [0, 0.05) is 24.8 Å². The number of halogens is 1. The highest BCUT2D eigenvalue weighted by atomic mass is 79.9. The lowest BCUT2D eigenvalue weighted by molar-refractivity contribution is 0.902. The summed E-state index contributed by atoms with van der Waals surface area (Å²) in [4.78, 5) is 6.51. The highest BCUT2D eigenvalue weighted by Gasteiger charge is 2.02. The number of hydrogen-bond acceptors (Lipinski definition) is 3. The van der Waals surface area contributed by atoms with Crippen LogP contribution in [0.4, 0.5) is 5.13 Å². The summed E-state index contributed by atoms with van der Waals surface area (Å²) in [6.07, 6.45) is 2.24. The minimum atomic E-state index is 1.06. The lowest BCUT2D eigenvalue weighted by Crippen LogP contribution is -2.08. The van der Waals surface area contributed by atoms with E-state index in [1.54, 1.807) is 11.3 Å². The van der Waals surface area contributed by atoms with Crippen LogP contribution in [0.15, 0.2) is 5.38 Å². The summed E-state index contributed by atoms with van der Waals surface area (Å²) in [5.74, 6) is 0. The van der Waals surface area contributed by atoms with Crippen molar-refractivity contribution in [3.05, 3.63) is 11.1 Å². The first-order valence-corrected chi connectivity index (χ1v) is 5.92. The van der Waals surface area contributed by atoms with Gasteiger partial charge in [-0.05, 0) is 12.8 Å². The Morgan fingerprint density at radius 3 is 2.83 bits per heavy atom. The largest absolute Gasteiger partial charge is 0.354 e. The summed E-state index contributed by atoms with van der Waals surface area (Å²) in [6, 6.07) is 0. The highest BCUT2D eigenvalue weighted by molar-refractivity contribution is 9.09. The standard InChI is InChI=1S/C8H13BrN2S/c1-11(2)8-10-7(6-12-8)4-3-5-9/h6H,3-5H2,1-2H3. The molecule has 0 spiro atoms. The van der Waals surface area contributed by atoms with Crippen molar-refractivity contribution in [3.8, 4) is 0 Å². The van der Waals surface area contributed by atoms with Gasteiger partial charge in [-0.1, -0.05) is 15.9 Å². The Balaban J connectivity index is 2.52. The van der Waals surface area contributed by atoms with Crippen LogP contribution in [-0.2, 0) is 6.42 Å². The van der Waals surface area contributed by atoms with Gasteiger partial charge in [0.15, 0.2) is 5.13 Å². The van der Waals surface area contributed by atoms with Crippen molar-refractivity contribution >= 4 is 32.4 Å². The van der Waals surface area contributed by atoms with Crippen molar-refractivity contribution in [2.75, 3.05) is 24.3 Å². The Morgan fingerprint density at radius 2 is 2.33 bits per heavy atom. The Kier molecular flexibility index (Phi) is 4.01. The number of hydrogen-bond donors (Lipinski definition) is 0. The molecule has 0 unspecified atom stereocenters. The van der Waals surface area contributed by atoms with Crippen LogP contribution in [0, 0.1) is 0 Å². The van der Waals surface area contributed by atoms with Gasteiger partial charge in [-0.3, -0.25) is 0 Å². The molecule has 0 aliphatic rings. The second kappa shape index (κ2) is 4.82. The molecule has 0 N–H and O–H groups in total. The Labute approximate surface area is 85.7 Å². The summed E-state index contributed by atoms with van der Waals surface area (Å²) in [7, 11) is 4.04. The molecule has 68 valence electrons. The Hall–Kier alpha value is -0.0900. The maximum atomic E-state index is 4.47. The van der Waals surface area contributed by atoms with E-state index in [0.717, 1.165) is 23.3 Å². The molecular weight excluding hydrogens is 236 g/mol. The zero-order chi connectivity index (χ0) is 8.97. The van der Waals surface area contributed by atoms with E-state index in [2.05, 4.69) is 26.3 Å². The smallest absolute Gasteiger partial charge is 0.184 e. The molecule has 0 saturated heterocycles. The molecule has 0 saturated carbocycles. The number of alkyl halides is 1. The molecule has 12 heavy (non-hydrogen) atoms. The van der Waals surface area contributed by atoms with Crippen LogP contribution in [0.25, 0.3) is 0 Å². The minimum Gasteiger partial charge on any atom is -0.354 e. The summed E-state index contributed by atoms with van der Waals surface area (Å²) < 4.78 is 0. The zero-order valence-electron chi connectivity index (χ0n) is 7.38. The van der Waals surface area contributed by atoms with E-state index in [1.165, 1.54) is 5.69 Å². The lowest BCUT2D eigenvalue weighted by atomic mass is 10.3. The lowest BCUT2D eigenvalue weighted by Gasteiger charge is -2.05. The van der Waals surface area contributed by atoms with Crippen LogP contribution >= 0.6 is 27.3 Å². The van der Waals surface area contributed by atoms with Gasteiger partial charge in [0.2, 0.25) is 0 Å². The third kappa shape index (κ3) is 2.75. The molecule has 0 aliphatic carbocycles. The molecule has 0 atom stereocenters. The SMILES string of the molecule is CN(C)c1nc(CCCBr)cs1. The second-order valence-electron chi connectivity index (χ2n) is 2.81. The van der Waals surface area contributed by atoms with Crippen LogP contribution in [-0.4, -0.2) is 24.4 Å². The Morgan fingerprint density at radius 1 is 1.58 bits per heavy atom. The summed E-state index contributed by atoms with van der Waals surface area (Å²) >= 11 is 5.12. The molecule has 0 fully saturated rings. The van der Waals surface area contributed by atoms with Crippen LogP contribution in [0.1, 0.15) is 12.1 Å². The van der Waals surface area contributed by atoms with Crippen molar-refractivity contribution < 1.29 is 0 Å². The fraction of sp³-hybridized carbons (Fsp3) is 0.625. The number of rotatable bonds is 4. The van der Waals surface area contributed by atoms with Gasteiger partial charge in [0.05, 0.1) is 5.69 Å². The first-order valence-electron chi connectivity index (χ1n) is 3.91. The molecule has 0 aromatic carbocycles. The fourth-order valence-electron chi connectivity index (χ4n) is 0.864. The van der Waals surface area contributed by atoms with Gasteiger partial charge in [0.1, 0.15) is 0 Å². The normalized spacial score (nSPS) is 10.2. The number of anilines is 1. The summed E-state index contributed by atoms with van der Waals surface area (Å²) in [5, 5.41) is 4.29. The average molecular weight is 249 g/mol. The van der Waals surface area contributed by atoms with E-state index >= 15 is 0 Å². The van der Waals surface area contributed by atoms with Crippen LogP contribution in [0.5, 0.6) is 0 Å². The van der Waals surface area contributed by atoms with Crippen molar-refractivity contribution in [1.29, 1.82) is 0 Å². The number of aryl methyl sites for hydroxylation is 1. The molecule has 0 aliphatic heterocycles. The molecule has 1 rings (SSSR count). The van der Waals surface area contributed by atoms with E-state index < -0.39 is 0 Å². The van der Waals surface area contributed by atoms with Crippen molar-refractivity contribution in [3.63, 3.8) is 0 Å². The first kappa shape index (κ1) is 9.99. The van der Waals surface area contributed by atoms with Crippen LogP contribution in [0.3, 0.4) is 0 Å². The molecule has 1 aromatic heterocycles. The van der Waals surface area contributed by atoms with Gasteiger partial charge in [-0.25, -0.2) is 4.98 Å². The maximum absolute atomic E-state index is 4.47. The predicted molar refractivity (Wildman–Crippen MR) is 58.6 cm³/mol. The molecular formula is C8H13BrN2S. The van der Waals surface area contributed by atoms with E-state index in [-0.39, 0.29) is 0 Å². The maximum Gasteiger partial charge on any atom is 0.184 e. The zero-order valence-corrected chi connectivity index (χ0v) is 9.78. The van der Waals surface area contributed by atoms with E-state index in [0.29, 0.717) is 0 Å². The highest BCUT2D eigenvalue weighted by Crippen LogP contribution is 2.18. The van der Waals surface area contributed by atoms with Crippen molar-refractivity contribution in [1.82, 2.24) is 4.98 Å².